The second-order valence-corrected chi connectivity index (χ2v) is 7.99. The molecular formula is C20H25N3O2S. The lowest BCUT2D eigenvalue weighted by molar-refractivity contribution is 0.414. The normalized spacial score (nSPS) is 17.0. The molecule has 1 aromatic carbocycles. The van der Waals surface area contributed by atoms with Gasteiger partial charge in [0.2, 0.25) is 0 Å². The fourth-order valence-corrected chi connectivity index (χ4v) is 4.66. The van der Waals surface area contributed by atoms with Crippen LogP contribution in [0.1, 0.15) is 36.8 Å². The van der Waals surface area contributed by atoms with Gasteiger partial charge in [0.1, 0.15) is 11.6 Å². The minimum absolute atomic E-state index is 0.138. The van der Waals surface area contributed by atoms with Crippen molar-refractivity contribution in [3.05, 3.63) is 45.7 Å². The van der Waals surface area contributed by atoms with Gasteiger partial charge in [-0.3, -0.25) is 9.36 Å². The van der Waals surface area contributed by atoms with Crippen molar-refractivity contribution < 1.29 is 4.74 Å². The predicted octanol–water partition coefficient (Wildman–Crippen LogP) is 3.33. The van der Waals surface area contributed by atoms with Gasteiger partial charge in [0.05, 0.1) is 12.7 Å². The minimum Gasteiger partial charge on any atom is -0.497 e. The highest BCUT2D eigenvalue weighted by molar-refractivity contribution is 7.99. The molecule has 2 aromatic rings. The van der Waals surface area contributed by atoms with Crippen molar-refractivity contribution in [3.63, 3.8) is 0 Å². The quantitative estimate of drug-likeness (QED) is 0.772. The second kappa shape index (κ2) is 7.74. The SMILES string of the molecule is COc1ccc(Cc2c(N3CCCCC3)nc3n(c2=O)CCCS3)cc1. The highest BCUT2D eigenvalue weighted by Crippen LogP contribution is 2.28. The Labute approximate surface area is 158 Å². The van der Waals surface area contributed by atoms with E-state index in [9.17, 15) is 4.79 Å². The Morgan fingerprint density at radius 1 is 1.08 bits per heavy atom. The van der Waals surface area contributed by atoms with E-state index in [-0.39, 0.29) is 5.56 Å². The number of methoxy groups -OCH3 is 1. The molecule has 26 heavy (non-hydrogen) atoms. The van der Waals surface area contributed by atoms with Crippen molar-refractivity contribution in [1.82, 2.24) is 9.55 Å². The molecule has 138 valence electrons. The fourth-order valence-electron chi connectivity index (χ4n) is 3.73. The van der Waals surface area contributed by atoms with Crippen molar-refractivity contribution in [3.8, 4) is 5.75 Å². The number of hydrogen-bond donors (Lipinski definition) is 0. The van der Waals surface area contributed by atoms with Gasteiger partial charge in [0.15, 0.2) is 5.16 Å². The summed E-state index contributed by atoms with van der Waals surface area (Å²) in [6, 6.07) is 7.98. The lowest BCUT2D eigenvalue weighted by atomic mass is 10.0. The van der Waals surface area contributed by atoms with Gasteiger partial charge < -0.3 is 9.64 Å². The van der Waals surface area contributed by atoms with Crippen LogP contribution in [0.4, 0.5) is 5.82 Å². The van der Waals surface area contributed by atoms with Crippen LogP contribution in [0.5, 0.6) is 5.75 Å². The number of piperidine rings is 1. The van der Waals surface area contributed by atoms with Gasteiger partial charge in [-0.15, -0.1) is 0 Å². The van der Waals surface area contributed by atoms with Crippen LogP contribution in [-0.2, 0) is 13.0 Å². The third-order valence-corrected chi connectivity index (χ3v) is 6.22. The summed E-state index contributed by atoms with van der Waals surface area (Å²) in [5.41, 5.74) is 2.09. The number of benzene rings is 1. The van der Waals surface area contributed by atoms with Crippen molar-refractivity contribution in [2.24, 2.45) is 0 Å². The number of ether oxygens (including phenoxy) is 1. The van der Waals surface area contributed by atoms with E-state index in [1.165, 1.54) is 19.3 Å². The van der Waals surface area contributed by atoms with Crippen LogP contribution in [0.15, 0.2) is 34.2 Å². The summed E-state index contributed by atoms with van der Waals surface area (Å²) in [7, 11) is 1.67. The molecule has 1 aromatic heterocycles. The van der Waals surface area contributed by atoms with Gasteiger partial charge >= 0.3 is 0 Å². The number of nitrogens with zero attached hydrogens (tertiary/aromatic N) is 3. The molecule has 0 unspecified atom stereocenters. The number of hydrogen-bond acceptors (Lipinski definition) is 5. The van der Waals surface area contributed by atoms with Crippen LogP contribution < -0.4 is 15.2 Å². The van der Waals surface area contributed by atoms with Gasteiger partial charge in [-0.1, -0.05) is 23.9 Å². The smallest absolute Gasteiger partial charge is 0.259 e. The van der Waals surface area contributed by atoms with Crippen LogP contribution in [-0.4, -0.2) is 35.5 Å². The van der Waals surface area contributed by atoms with Crippen molar-refractivity contribution >= 4 is 17.6 Å². The molecule has 2 aliphatic rings. The molecule has 3 heterocycles. The van der Waals surface area contributed by atoms with Gasteiger partial charge in [-0.25, -0.2) is 4.98 Å². The third-order valence-electron chi connectivity index (χ3n) is 5.16. The molecule has 0 N–H and O–H groups in total. The van der Waals surface area contributed by atoms with Gasteiger partial charge in [-0.2, -0.15) is 0 Å². The van der Waals surface area contributed by atoms with Crippen LogP contribution >= 0.6 is 11.8 Å². The number of fused-ring (bicyclic) bond motifs is 1. The molecule has 0 aliphatic carbocycles. The summed E-state index contributed by atoms with van der Waals surface area (Å²) in [5.74, 6) is 2.79. The average Bonchev–Trinajstić information content (AvgIpc) is 2.71. The van der Waals surface area contributed by atoms with Crippen LogP contribution in [0.25, 0.3) is 0 Å². The maximum absolute atomic E-state index is 13.3. The molecule has 1 saturated heterocycles. The van der Waals surface area contributed by atoms with Gasteiger partial charge in [0.25, 0.3) is 5.56 Å². The van der Waals surface area contributed by atoms with Gasteiger partial charge in [0, 0.05) is 31.8 Å². The van der Waals surface area contributed by atoms with E-state index in [0.717, 1.165) is 59.7 Å². The standard InChI is InChI=1S/C20H25N3O2S/c1-25-16-8-6-15(7-9-16)14-17-18(22-10-3-2-4-11-22)21-20-23(19(17)24)12-5-13-26-20/h6-9H,2-5,10-14H2,1H3. The first-order valence-corrected chi connectivity index (χ1v) is 10.4. The van der Waals surface area contributed by atoms with Crippen molar-refractivity contribution in [2.75, 3.05) is 30.9 Å². The van der Waals surface area contributed by atoms with E-state index in [0.29, 0.717) is 6.42 Å². The summed E-state index contributed by atoms with van der Waals surface area (Å²) in [6.45, 7) is 2.77. The minimum atomic E-state index is 0.138. The highest BCUT2D eigenvalue weighted by atomic mass is 32.2. The number of anilines is 1. The average molecular weight is 372 g/mol. The van der Waals surface area contributed by atoms with E-state index in [1.54, 1.807) is 18.9 Å². The Morgan fingerprint density at radius 3 is 2.58 bits per heavy atom. The van der Waals surface area contributed by atoms with E-state index < -0.39 is 0 Å². The molecule has 5 nitrogen and oxygen atoms in total. The number of aromatic nitrogens is 2. The van der Waals surface area contributed by atoms with E-state index in [2.05, 4.69) is 4.90 Å². The molecule has 6 heteroatoms. The van der Waals surface area contributed by atoms with Crippen LogP contribution in [0.3, 0.4) is 0 Å². The summed E-state index contributed by atoms with van der Waals surface area (Å²) in [6.07, 6.45) is 5.27. The zero-order valence-corrected chi connectivity index (χ0v) is 16.1. The number of rotatable bonds is 4. The Balaban J connectivity index is 1.75. The predicted molar refractivity (Wildman–Crippen MR) is 106 cm³/mol. The molecule has 1 fully saturated rings. The Hall–Kier alpha value is -1.95. The van der Waals surface area contributed by atoms with E-state index in [1.807, 2.05) is 28.8 Å². The summed E-state index contributed by atoms with van der Waals surface area (Å²) < 4.78 is 7.12. The van der Waals surface area contributed by atoms with Crippen LogP contribution in [0.2, 0.25) is 0 Å². The molecule has 0 spiro atoms. The first kappa shape index (κ1) is 17.5. The largest absolute Gasteiger partial charge is 0.497 e. The van der Waals surface area contributed by atoms with Crippen LogP contribution in [0, 0.1) is 0 Å². The fraction of sp³-hybridized carbons (Fsp3) is 0.500. The molecule has 0 radical (unpaired) electrons. The zero-order chi connectivity index (χ0) is 17.9. The molecule has 0 atom stereocenters. The zero-order valence-electron chi connectivity index (χ0n) is 15.2. The van der Waals surface area contributed by atoms with Gasteiger partial charge in [-0.05, 0) is 43.4 Å². The van der Waals surface area contributed by atoms with E-state index >= 15 is 0 Å². The molecular weight excluding hydrogens is 346 g/mol. The molecule has 4 rings (SSSR count). The molecule has 2 aliphatic heterocycles. The van der Waals surface area contributed by atoms with Crippen molar-refractivity contribution in [1.29, 1.82) is 0 Å². The monoisotopic (exact) mass is 371 g/mol. The third kappa shape index (κ3) is 3.47. The first-order chi connectivity index (χ1) is 12.8. The summed E-state index contributed by atoms with van der Waals surface area (Å²) in [4.78, 5) is 20.5. The number of thioether (sulfide) groups is 1. The molecule has 0 amide bonds. The first-order valence-electron chi connectivity index (χ1n) is 9.40. The maximum Gasteiger partial charge on any atom is 0.259 e. The topological polar surface area (TPSA) is 47.4 Å². The van der Waals surface area contributed by atoms with E-state index in [4.69, 9.17) is 9.72 Å². The Morgan fingerprint density at radius 2 is 1.85 bits per heavy atom. The van der Waals surface area contributed by atoms with Crippen molar-refractivity contribution in [2.45, 2.75) is 43.8 Å². The lowest BCUT2D eigenvalue weighted by Crippen LogP contribution is -2.37. The highest BCUT2D eigenvalue weighted by Gasteiger charge is 2.24. The lowest BCUT2D eigenvalue weighted by Gasteiger charge is -2.31. The molecule has 0 bridgehead atoms. The Bertz CT molecular complexity index is 826. The summed E-state index contributed by atoms with van der Waals surface area (Å²) >= 11 is 1.71. The molecule has 0 saturated carbocycles. The Kier molecular flexibility index (Phi) is 5.20. The summed E-state index contributed by atoms with van der Waals surface area (Å²) in [5, 5.41) is 0.889. The maximum atomic E-state index is 13.3. The second-order valence-electron chi connectivity index (χ2n) is 6.93.